The monoisotopic (exact) mass is 396 g/mol. The molecule has 0 aliphatic carbocycles. The summed E-state index contributed by atoms with van der Waals surface area (Å²) >= 11 is 0. The summed E-state index contributed by atoms with van der Waals surface area (Å²) in [6.07, 6.45) is 1.12. The zero-order chi connectivity index (χ0) is 20.4. The molecule has 2 amide bonds. The van der Waals surface area contributed by atoms with Crippen LogP contribution in [0.2, 0.25) is 0 Å². The molecule has 0 saturated carbocycles. The van der Waals surface area contributed by atoms with Crippen molar-refractivity contribution in [3.63, 3.8) is 0 Å². The van der Waals surface area contributed by atoms with Crippen LogP contribution in [0, 0.1) is 0 Å². The average Bonchev–Trinajstić information content (AvgIpc) is 3.31. The molecule has 7 nitrogen and oxygen atoms in total. The van der Waals surface area contributed by atoms with Crippen LogP contribution in [0.3, 0.4) is 0 Å². The Bertz CT molecular complexity index is 875. The van der Waals surface area contributed by atoms with E-state index in [-0.39, 0.29) is 11.8 Å². The van der Waals surface area contributed by atoms with Crippen LogP contribution in [0.1, 0.15) is 12.8 Å². The molecule has 7 heteroatoms. The van der Waals surface area contributed by atoms with Gasteiger partial charge in [-0.1, -0.05) is 0 Å². The smallest absolute Gasteiger partial charge is 0.271 e. The third kappa shape index (κ3) is 3.60. The van der Waals surface area contributed by atoms with Crippen LogP contribution in [0.5, 0.6) is 17.2 Å². The summed E-state index contributed by atoms with van der Waals surface area (Å²) in [5.41, 5.74) is 0.655. The van der Waals surface area contributed by atoms with E-state index < -0.39 is 12.1 Å². The van der Waals surface area contributed by atoms with Crippen molar-refractivity contribution in [2.75, 3.05) is 32.2 Å². The highest BCUT2D eigenvalue weighted by atomic mass is 16.5. The quantitative estimate of drug-likeness (QED) is 0.702. The van der Waals surface area contributed by atoms with Crippen LogP contribution < -0.4 is 19.1 Å². The van der Waals surface area contributed by atoms with Crippen molar-refractivity contribution >= 4 is 17.5 Å². The maximum Gasteiger partial charge on any atom is 0.271 e. The maximum atomic E-state index is 13.2. The van der Waals surface area contributed by atoms with Gasteiger partial charge >= 0.3 is 0 Å². The van der Waals surface area contributed by atoms with Gasteiger partial charge in [0.25, 0.3) is 5.91 Å². The summed E-state index contributed by atoms with van der Waals surface area (Å²) in [5, 5.41) is 0. The molecule has 2 fully saturated rings. The molecule has 4 rings (SSSR count). The Morgan fingerprint density at radius 1 is 0.862 bits per heavy atom. The van der Waals surface area contributed by atoms with E-state index in [1.54, 1.807) is 62.8 Å². The van der Waals surface area contributed by atoms with Crippen molar-refractivity contribution in [3.8, 4) is 17.2 Å². The molecule has 152 valence electrons. The molecular weight excluding hydrogens is 372 g/mol. The molecule has 0 bridgehead atoms. The Balaban J connectivity index is 1.59. The lowest BCUT2D eigenvalue weighted by Crippen LogP contribution is -2.72. The van der Waals surface area contributed by atoms with Crippen molar-refractivity contribution in [2.45, 2.75) is 25.0 Å². The highest BCUT2D eigenvalue weighted by molar-refractivity contribution is 6.13. The first-order valence-electron chi connectivity index (χ1n) is 9.69. The molecule has 2 aliphatic heterocycles. The van der Waals surface area contributed by atoms with Gasteiger partial charge in [0, 0.05) is 18.8 Å². The van der Waals surface area contributed by atoms with Gasteiger partial charge in [-0.2, -0.15) is 0 Å². The zero-order valence-corrected chi connectivity index (χ0v) is 16.5. The van der Waals surface area contributed by atoms with E-state index in [1.165, 1.54) is 4.90 Å². The highest BCUT2D eigenvalue weighted by Crippen LogP contribution is 2.34. The molecule has 0 unspecified atom stereocenters. The molecule has 2 heterocycles. The van der Waals surface area contributed by atoms with Gasteiger partial charge in [-0.3, -0.25) is 14.5 Å². The van der Waals surface area contributed by atoms with E-state index in [4.69, 9.17) is 14.2 Å². The molecule has 29 heavy (non-hydrogen) atoms. The van der Waals surface area contributed by atoms with Crippen LogP contribution in [-0.4, -0.2) is 56.2 Å². The second kappa shape index (κ2) is 8.03. The lowest BCUT2D eigenvalue weighted by molar-refractivity contribution is -0.147. The van der Waals surface area contributed by atoms with E-state index in [0.717, 1.165) is 25.9 Å². The number of likely N-dealkylation sites (tertiary alicyclic amines) is 1. The second-order valence-electron chi connectivity index (χ2n) is 7.10. The molecule has 0 aromatic heterocycles. The number of methoxy groups -OCH3 is 2. The first-order chi connectivity index (χ1) is 14.1. The Kier molecular flexibility index (Phi) is 5.29. The largest absolute Gasteiger partial charge is 0.497 e. The van der Waals surface area contributed by atoms with Crippen molar-refractivity contribution in [1.82, 2.24) is 4.90 Å². The van der Waals surface area contributed by atoms with Crippen LogP contribution >= 0.6 is 0 Å². The number of benzene rings is 2. The summed E-state index contributed by atoms with van der Waals surface area (Å²) in [4.78, 5) is 29.5. The summed E-state index contributed by atoms with van der Waals surface area (Å²) in [7, 11) is 3.17. The van der Waals surface area contributed by atoms with Gasteiger partial charge in [-0.05, 0) is 61.4 Å². The number of hydrogen-bond acceptors (Lipinski definition) is 5. The average molecular weight is 396 g/mol. The van der Waals surface area contributed by atoms with E-state index in [1.807, 2.05) is 4.90 Å². The number of hydrogen-bond donors (Lipinski definition) is 0. The summed E-state index contributed by atoms with van der Waals surface area (Å²) in [6.45, 7) is 1.43. The number of amides is 2. The van der Waals surface area contributed by atoms with Crippen molar-refractivity contribution in [2.24, 2.45) is 0 Å². The lowest BCUT2D eigenvalue weighted by atomic mass is 9.94. The minimum Gasteiger partial charge on any atom is -0.497 e. The number of anilines is 1. The fraction of sp³-hybridized carbons (Fsp3) is 0.364. The minimum absolute atomic E-state index is 0.0728. The van der Waals surface area contributed by atoms with Gasteiger partial charge < -0.3 is 19.1 Å². The second-order valence-corrected chi connectivity index (χ2v) is 7.10. The Morgan fingerprint density at radius 2 is 1.38 bits per heavy atom. The summed E-state index contributed by atoms with van der Waals surface area (Å²) < 4.78 is 16.3. The van der Waals surface area contributed by atoms with Gasteiger partial charge in [0.15, 0.2) is 6.04 Å². The minimum atomic E-state index is -0.849. The van der Waals surface area contributed by atoms with Crippen LogP contribution in [-0.2, 0) is 9.59 Å². The maximum absolute atomic E-state index is 13.2. The van der Waals surface area contributed by atoms with Gasteiger partial charge in [0.05, 0.1) is 14.2 Å². The van der Waals surface area contributed by atoms with Gasteiger partial charge in [0.2, 0.25) is 12.0 Å². The molecule has 0 N–H and O–H groups in total. The van der Waals surface area contributed by atoms with Gasteiger partial charge in [-0.25, -0.2) is 0 Å². The molecule has 2 atom stereocenters. The first kappa shape index (κ1) is 19.1. The first-order valence-corrected chi connectivity index (χ1v) is 9.69. The number of rotatable bonds is 6. The Morgan fingerprint density at radius 3 is 1.93 bits per heavy atom. The molecule has 2 aliphatic rings. The third-order valence-corrected chi connectivity index (χ3v) is 5.39. The fourth-order valence-corrected chi connectivity index (χ4v) is 3.77. The van der Waals surface area contributed by atoms with Crippen molar-refractivity contribution < 1.29 is 23.8 Å². The number of carbonyl (C=O) groups is 2. The van der Waals surface area contributed by atoms with E-state index in [9.17, 15) is 9.59 Å². The third-order valence-electron chi connectivity index (χ3n) is 5.39. The topological polar surface area (TPSA) is 68.3 Å². The molecule has 2 aromatic carbocycles. The number of carbonyl (C=O) groups excluding carboxylic acids is 2. The van der Waals surface area contributed by atoms with Gasteiger partial charge in [-0.15, -0.1) is 0 Å². The number of ether oxygens (including phenoxy) is 3. The highest BCUT2D eigenvalue weighted by Gasteiger charge is 2.55. The van der Waals surface area contributed by atoms with Crippen molar-refractivity contribution in [3.05, 3.63) is 48.5 Å². The van der Waals surface area contributed by atoms with Gasteiger partial charge in [0.1, 0.15) is 17.2 Å². The van der Waals surface area contributed by atoms with E-state index in [2.05, 4.69) is 0 Å². The zero-order valence-electron chi connectivity index (χ0n) is 16.5. The predicted molar refractivity (Wildman–Crippen MR) is 107 cm³/mol. The predicted octanol–water partition coefficient (Wildman–Crippen LogP) is 2.49. The number of β-lactam (4-membered cyclic amide) rings is 1. The molecule has 2 aromatic rings. The summed E-state index contributed by atoms with van der Waals surface area (Å²) in [6, 6.07) is 13.4. The Hall–Kier alpha value is -3.22. The summed E-state index contributed by atoms with van der Waals surface area (Å²) in [5.74, 6) is 1.61. The molecular formula is C22H24N2O5. The van der Waals surface area contributed by atoms with Crippen molar-refractivity contribution in [1.29, 1.82) is 0 Å². The van der Waals surface area contributed by atoms with Crippen LogP contribution in [0.25, 0.3) is 0 Å². The van der Waals surface area contributed by atoms with Crippen LogP contribution in [0.4, 0.5) is 5.69 Å². The number of nitrogens with zero attached hydrogens (tertiary/aromatic N) is 2. The fourth-order valence-electron chi connectivity index (χ4n) is 3.77. The SMILES string of the molecule is COc1ccc(O[C@@H]2C(=O)N(c3ccc(OC)cc3)[C@@H]2C(=O)N2CCCC2)cc1. The van der Waals surface area contributed by atoms with E-state index in [0.29, 0.717) is 22.9 Å². The molecule has 0 radical (unpaired) electrons. The lowest BCUT2D eigenvalue weighted by Gasteiger charge is -2.46. The molecule has 0 spiro atoms. The normalized spacial score (nSPS) is 21.0. The van der Waals surface area contributed by atoms with E-state index >= 15 is 0 Å². The standard InChI is InChI=1S/C22H24N2O5/c1-27-16-7-5-15(6-8-16)24-19(21(25)23-13-3-4-14-23)20(22(24)26)29-18-11-9-17(28-2)10-12-18/h5-12,19-20H,3-4,13-14H2,1-2H3/t19-,20-/m0/s1. The van der Waals surface area contributed by atoms with Crippen LogP contribution in [0.15, 0.2) is 48.5 Å². The molecule has 2 saturated heterocycles. The Labute approximate surface area is 169 Å².